The van der Waals surface area contributed by atoms with Crippen LogP contribution in [0, 0.1) is 0 Å². The van der Waals surface area contributed by atoms with Gasteiger partial charge in [-0.15, -0.1) is 0 Å². The van der Waals surface area contributed by atoms with E-state index >= 15 is 0 Å². The Morgan fingerprint density at radius 1 is 1.25 bits per heavy atom. The van der Waals surface area contributed by atoms with Gasteiger partial charge in [0.2, 0.25) is 0 Å². The summed E-state index contributed by atoms with van der Waals surface area (Å²) in [5, 5.41) is 7.59. The summed E-state index contributed by atoms with van der Waals surface area (Å²) in [7, 11) is 0. The lowest BCUT2D eigenvalue weighted by molar-refractivity contribution is 0.372. The van der Waals surface area contributed by atoms with Gasteiger partial charge in [-0.05, 0) is 45.2 Å². The van der Waals surface area contributed by atoms with Crippen molar-refractivity contribution in [2.75, 3.05) is 13.1 Å². The van der Waals surface area contributed by atoms with Gasteiger partial charge in [-0.2, -0.15) is 0 Å². The molecule has 1 fully saturated rings. The topological polar surface area (TPSA) is 50.1 Å². The molecule has 1 saturated carbocycles. The van der Waals surface area contributed by atoms with E-state index in [4.69, 9.17) is 17.3 Å². The van der Waals surface area contributed by atoms with Crippen molar-refractivity contribution in [1.29, 1.82) is 0 Å². The van der Waals surface area contributed by atoms with Gasteiger partial charge in [0, 0.05) is 17.6 Å². The Kier molecular flexibility index (Phi) is 8.79. The highest BCUT2D eigenvalue weighted by Gasteiger charge is 2.11. The van der Waals surface area contributed by atoms with E-state index in [9.17, 15) is 0 Å². The zero-order valence-electron chi connectivity index (χ0n) is 13.0. The van der Waals surface area contributed by atoms with Crippen LogP contribution in [0.2, 0.25) is 0 Å². The summed E-state index contributed by atoms with van der Waals surface area (Å²) in [6.07, 6.45) is 10.7. The van der Waals surface area contributed by atoms with E-state index in [-0.39, 0.29) is 0 Å². The SMILES string of the molecule is CC/C(C)=C(Cl)/C=C(\N)NCCCNC1CCCCC1. The monoisotopic (exact) mass is 299 g/mol. The molecule has 0 aromatic rings. The first-order valence-electron chi connectivity index (χ1n) is 7.93. The lowest BCUT2D eigenvalue weighted by Crippen LogP contribution is -2.33. The van der Waals surface area contributed by atoms with Gasteiger partial charge < -0.3 is 16.4 Å². The lowest BCUT2D eigenvalue weighted by atomic mass is 9.95. The molecule has 0 amide bonds. The standard InChI is InChI=1S/C16H30ClN3/c1-3-13(2)15(17)12-16(18)20-11-7-10-19-14-8-5-4-6-9-14/h12,14,19-20H,3-11,18H2,1-2H3/b15-13-,16-12+. The van der Waals surface area contributed by atoms with Crippen molar-refractivity contribution in [3.8, 4) is 0 Å². The quantitative estimate of drug-likeness (QED) is 0.474. The molecule has 0 aromatic heterocycles. The molecule has 1 aliphatic carbocycles. The summed E-state index contributed by atoms with van der Waals surface area (Å²) in [5.41, 5.74) is 7.07. The first kappa shape index (κ1) is 17.4. The lowest BCUT2D eigenvalue weighted by Gasteiger charge is -2.22. The number of hydrogen-bond donors (Lipinski definition) is 3. The van der Waals surface area contributed by atoms with Gasteiger partial charge in [0.15, 0.2) is 0 Å². The Labute approximate surface area is 129 Å². The van der Waals surface area contributed by atoms with Crippen molar-refractivity contribution < 1.29 is 0 Å². The van der Waals surface area contributed by atoms with E-state index in [0.717, 1.165) is 42.6 Å². The van der Waals surface area contributed by atoms with Crippen molar-refractivity contribution in [2.24, 2.45) is 5.73 Å². The second-order valence-corrected chi connectivity index (χ2v) is 6.06. The van der Waals surface area contributed by atoms with Crippen molar-refractivity contribution >= 4 is 11.6 Å². The van der Waals surface area contributed by atoms with Crippen molar-refractivity contribution in [2.45, 2.75) is 64.8 Å². The summed E-state index contributed by atoms with van der Waals surface area (Å²) in [4.78, 5) is 0. The van der Waals surface area contributed by atoms with Crippen LogP contribution in [0.1, 0.15) is 58.8 Å². The van der Waals surface area contributed by atoms with Gasteiger partial charge in [-0.3, -0.25) is 0 Å². The van der Waals surface area contributed by atoms with Crippen LogP contribution < -0.4 is 16.4 Å². The van der Waals surface area contributed by atoms with Crippen LogP contribution in [0.4, 0.5) is 0 Å². The zero-order valence-corrected chi connectivity index (χ0v) is 13.7. The molecule has 0 aliphatic heterocycles. The molecule has 0 unspecified atom stereocenters. The average molecular weight is 300 g/mol. The minimum Gasteiger partial charge on any atom is -0.385 e. The van der Waals surface area contributed by atoms with E-state index in [1.807, 2.05) is 13.0 Å². The van der Waals surface area contributed by atoms with Crippen molar-refractivity contribution in [3.63, 3.8) is 0 Å². The van der Waals surface area contributed by atoms with Crippen molar-refractivity contribution in [1.82, 2.24) is 10.6 Å². The Morgan fingerprint density at radius 3 is 2.60 bits per heavy atom. The van der Waals surface area contributed by atoms with Crippen LogP contribution in [-0.2, 0) is 0 Å². The number of nitrogens with two attached hydrogens (primary N) is 1. The molecular formula is C16H30ClN3. The van der Waals surface area contributed by atoms with Crippen LogP contribution >= 0.6 is 11.6 Å². The Bertz CT molecular complexity index is 331. The highest BCUT2D eigenvalue weighted by Crippen LogP contribution is 2.17. The Hall–Kier alpha value is -0.670. The molecule has 0 heterocycles. The van der Waals surface area contributed by atoms with Crippen molar-refractivity contribution in [3.05, 3.63) is 22.5 Å². The Morgan fingerprint density at radius 2 is 1.95 bits per heavy atom. The first-order chi connectivity index (χ1) is 9.63. The fourth-order valence-corrected chi connectivity index (χ4v) is 2.66. The van der Waals surface area contributed by atoms with Gasteiger partial charge in [0.1, 0.15) is 0 Å². The molecule has 0 saturated heterocycles. The van der Waals surface area contributed by atoms with E-state index < -0.39 is 0 Å². The maximum atomic E-state index is 6.14. The van der Waals surface area contributed by atoms with Crippen LogP contribution in [0.15, 0.2) is 22.5 Å². The van der Waals surface area contributed by atoms with E-state index in [1.54, 1.807) is 0 Å². The van der Waals surface area contributed by atoms with Crippen LogP contribution in [0.3, 0.4) is 0 Å². The summed E-state index contributed by atoms with van der Waals surface area (Å²) >= 11 is 6.14. The van der Waals surface area contributed by atoms with E-state index in [0.29, 0.717) is 5.82 Å². The summed E-state index contributed by atoms with van der Waals surface area (Å²) in [5.74, 6) is 0.653. The third kappa shape index (κ3) is 7.20. The summed E-state index contributed by atoms with van der Waals surface area (Å²) in [6.45, 7) is 6.06. The minimum absolute atomic E-state index is 0.653. The van der Waals surface area contributed by atoms with E-state index in [2.05, 4.69) is 17.6 Å². The second-order valence-electron chi connectivity index (χ2n) is 5.65. The van der Waals surface area contributed by atoms with Crippen LogP contribution in [0.25, 0.3) is 0 Å². The summed E-state index contributed by atoms with van der Waals surface area (Å²) in [6, 6.07) is 0.737. The predicted octanol–water partition coefficient (Wildman–Crippen LogP) is 3.61. The normalized spacial score (nSPS) is 18.9. The highest BCUT2D eigenvalue weighted by atomic mass is 35.5. The molecule has 116 valence electrons. The van der Waals surface area contributed by atoms with Gasteiger partial charge in [-0.1, -0.05) is 43.4 Å². The largest absolute Gasteiger partial charge is 0.385 e. The first-order valence-corrected chi connectivity index (χ1v) is 8.31. The maximum Gasteiger partial charge on any atom is 0.0975 e. The molecular weight excluding hydrogens is 270 g/mol. The molecule has 0 radical (unpaired) electrons. The third-order valence-electron chi connectivity index (χ3n) is 3.94. The van der Waals surface area contributed by atoms with E-state index in [1.165, 1.54) is 32.1 Å². The van der Waals surface area contributed by atoms with Crippen LogP contribution in [-0.4, -0.2) is 19.1 Å². The fourth-order valence-electron chi connectivity index (χ4n) is 2.41. The highest BCUT2D eigenvalue weighted by molar-refractivity contribution is 6.31. The molecule has 0 bridgehead atoms. The predicted molar refractivity (Wildman–Crippen MR) is 88.6 cm³/mol. The number of hydrogen-bond acceptors (Lipinski definition) is 3. The number of halogens is 1. The molecule has 4 heteroatoms. The smallest absolute Gasteiger partial charge is 0.0975 e. The molecule has 0 aromatic carbocycles. The molecule has 1 aliphatic rings. The average Bonchev–Trinajstić information content (AvgIpc) is 2.47. The van der Waals surface area contributed by atoms with Gasteiger partial charge in [0.05, 0.1) is 5.82 Å². The molecule has 4 N–H and O–H groups in total. The number of nitrogens with one attached hydrogen (secondary N) is 2. The number of allylic oxidation sites excluding steroid dienone is 3. The molecule has 20 heavy (non-hydrogen) atoms. The molecule has 0 atom stereocenters. The van der Waals surface area contributed by atoms with Crippen LogP contribution in [0.5, 0.6) is 0 Å². The third-order valence-corrected chi connectivity index (χ3v) is 4.37. The maximum absolute atomic E-state index is 6.14. The van der Waals surface area contributed by atoms with Gasteiger partial charge in [-0.25, -0.2) is 0 Å². The Balaban J connectivity index is 2.12. The van der Waals surface area contributed by atoms with Gasteiger partial charge >= 0.3 is 0 Å². The second kappa shape index (κ2) is 10.1. The molecule has 0 spiro atoms. The molecule has 3 nitrogen and oxygen atoms in total. The zero-order chi connectivity index (χ0) is 14.8. The minimum atomic E-state index is 0.653. The molecule has 1 rings (SSSR count). The fraction of sp³-hybridized carbons (Fsp3) is 0.750. The van der Waals surface area contributed by atoms with Gasteiger partial charge in [0.25, 0.3) is 0 Å². The number of rotatable bonds is 8. The summed E-state index contributed by atoms with van der Waals surface area (Å²) < 4.78 is 0.